The number of carbonyl (C=O) groups is 1. The number of unbranched alkanes of at least 4 members (excludes halogenated alkanes) is 2. The molecule has 0 aromatic rings. The zero-order chi connectivity index (χ0) is 9.61. The van der Waals surface area contributed by atoms with E-state index >= 15 is 0 Å². The average Bonchev–Trinajstić information content (AvgIpc) is 1.98. The Kier molecular flexibility index (Phi) is 4.85. The molecule has 0 rings (SSSR count). The predicted molar refractivity (Wildman–Crippen MR) is 47.8 cm³/mol. The van der Waals surface area contributed by atoms with Crippen LogP contribution in [-0.2, 0) is 4.79 Å². The lowest BCUT2D eigenvalue weighted by Crippen LogP contribution is -2.44. The van der Waals surface area contributed by atoms with E-state index in [0.717, 1.165) is 19.3 Å². The molecule has 5 N–H and O–H groups in total. The van der Waals surface area contributed by atoms with Crippen LogP contribution in [0.4, 0.5) is 0 Å². The molecule has 0 unspecified atom stereocenters. The summed E-state index contributed by atoms with van der Waals surface area (Å²) in [5.41, 5.74) is 9.73. The lowest BCUT2D eigenvalue weighted by Gasteiger charge is -2.18. The Hall–Kier alpha value is -0.610. The molecule has 12 heavy (non-hydrogen) atoms. The summed E-state index contributed by atoms with van der Waals surface area (Å²) in [6.45, 7) is 2.20. The van der Waals surface area contributed by atoms with Gasteiger partial charge in [-0.1, -0.05) is 12.8 Å². The number of aliphatic carboxylic acids is 1. The van der Waals surface area contributed by atoms with Crippen molar-refractivity contribution >= 4 is 5.97 Å². The molecule has 4 nitrogen and oxygen atoms in total. The molecule has 0 aliphatic carbocycles. The minimum absolute atomic E-state index is 0.516. The van der Waals surface area contributed by atoms with Gasteiger partial charge in [0.2, 0.25) is 0 Å². The van der Waals surface area contributed by atoms with E-state index in [1.54, 1.807) is 0 Å². The van der Waals surface area contributed by atoms with E-state index in [9.17, 15) is 4.79 Å². The first kappa shape index (κ1) is 11.4. The normalized spacial score (nSPS) is 15.6. The Morgan fingerprint density at radius 1 is 1.42 bits per heavy atom. The molecule has 0 saturated carbocycles. The Balaban J connectivity index is 3.54. The van der Waals surface area contributed by atoms with Crippen molar-refractivity contribution in [1.29, 1.82) is 0 Å². The third-order valence-electron chi connectivity index (χ3n) is 1.89. The van der Waals surface area contributed by atoms with Crippen molar-refractivity contribution < 1.29 is 9.90 Å². The number of carboxylic acid groups (broad SMARTS) is 1. The molecule has 4 heteroatoms. The average molecular weight is 174 g/mol. The third-order valence-corrected chi connectivity index (χ3v) is 1.89. The number of hydrogen-bond acceptors (Lipinski definition) is 3. The maximum Gasteiger partial charge on any atom is 0.323 e. The van der Waals surface area contributed by atoms with Gasteiger partial charge in [-0.2, -0.15) is 0 Å². The number of nitrogens with two attached hydrogens (primary N) is 2. The minimum atomic E-state index is -1.07. The van der Waals surface area contributed by atoms with Gasteiger partial charge in [-0.05, 0) is 26.3 Å². The van der Waals surface area contributed by atoms with Crippen molar-refractivity contribution in [1.82, 2.24) is 0 Å². The Morgan fingerprint density at radius 2 is 2.00 bits per heavy atom. The fraction of sp³-hybridized carbons (Fsp3) is 0.875. The van der Waals surface area contributed by atoms with Gasteiger partial charge in [-0.25, -0.2) is 0 Å². The first-order valence-corrected chi connectivity index (χ1v) is 4.23. The Labute approximate surface area is 72.9 Å². The van der Waals surface area contributed by atoms with Crippen molar-refractivity contribution in [3.05, 3.63) is 0 Å². The maximum atomic E-state index is 10.5. The molecule has 0 amide bonds. The van der Waals surface area contributed by atoms with Crippen LogP contribution < -0.4 is 11.5 Å². The molecule has 0 aliphatic heterocycles. The molecule has 0 bridgehead atoms. The van der Waals surface area contributed by atoms with Gasteiger partial charge < -0.3 is 16.6 Å². The minimum Gasteiger partial charge on any atom is -0.480 e. The SMILES string of the molecule is C[C@](N)(CCCCCN)C(=O)O. The summed E-state index contributed by atoms with van der Waals surface area (Å²) in [5, 5.41) is 8.65. The van der Waals surface area contributed by atoms with Gasteiger partial charge in [-0.15, -0.1) is 0 Å². The number of rotatable bonds is 6. The van der Waals surface area contributed by atoms with Crippen LogP contribution in [0.3, 0.4) is 0 Å². The predicted octanol–water partition coefficient (Wildman–Crippen LogP) is 0.308. The second kappa shape index (κ2) is 5.11. The monoisotopic (exact) mass is 174 g/mol. The zero-order valence-electron chi connectivity index (χ0n) is 7.55. The highest BCUT2D eigenvalue weighted by molar-refractivity contribution is 5.77. The van der Waals surface area contributed by atoms with Crippen LogP contribution in [0.1, 0.15) is 32.6 Å². The highest BCUT2D eigenvalue weighted by Crippen LogP contribution is 2.11. The van der Waals surface area contributed by atoms with Gasteiger partial charge in [0.1, 0.15) is 5.54 Å². The lowest BCUT2D eigenvalue weighted by atomic mass is 9.96. The van der Waals surface area contributed by atoms with Gasteiger partial charge in [0.05, 0.1) is 0 Å². The molecule has 0 radical (unpaired) electrons. The van der Waals surface area contributed by atoms with Gasteiger partial charge >= 0.3 is 5.97 Å². The van der Waals surface area contributed by atoms with Crippen molar-refractivity contribution in [3.8, 4) is 0 Å². The van der Waals surface area contributed by atoms with Crippen LogP contribution in [0.2, 0.25) is 0 Å². The third kappa shape index (κ3) is 4.31. The Morgan fingerprint density at radius 3 is 2.42 bits per heavy atom. The molecule has 0 aliphatic rings. The molecule has 0 aromatic heterocycles. The van der Waals surface area contributed by atoms with Crippen molar-refractivity contribution in [2.45, 2.75) is 38.1 Å². The second-order valence-electron chi connectivity index (χ2n) is 3.32. The standard InChI is InChI=1S/C8H18N2O2/c1-8(10,7(11)12)5-3-2-4-6-9/h2-6,9-10H2,1H3,(H,11,12)/t8-/m0/s1. The summed E-state index contributed by atoms with van der Waals surface area (Å²) in [6, 6.07) is 0. The second-order valence-corrected chi connectivity index (χ2v) is 3.32. The van der Waals surface area contributed by atoms with E-state index in [2.05, 4.69) is 0 Å². The topological polar surface area (TPSA) is 89.3 Å². The molecule has 0 spiro atoms. The molecular formula is C8H18N2O2. The maximum absolute atomic E-state index is 10.5. The first-order valence-electron chi connectivity index (χ1n) is 4.23. The summed E-state index contributed by atoms with van der Waals surface area (Å²) in [5.74, 6) is -0.935. The zero-order valence-corrected chi connectivity index (χ0v) is 7.55. The molecule has 0 aromatic carbocycles. The summed E-state index contributed by atoms with van der Waals surface area (Å²) in [7, 11) is 0. The van der Waals surface area contributed by atoms with E-state index in [1.807, 2.05) is 0 Å². The summed E-state index contributed by atoms with van der Waals surface area (Å²) < 4.78 is 0. The van der Waals surface area contributed by atoms with E-state index < -0.39 is 11.5 Å². The van der Waals surface area contributed by atoms with E-state index in [-0.39, 0.29) is 0 Å². The summed E-state index contributed by atoms with van der Waals surface area (Å²) in [4.78, 5) is 10.5. The highest BCUT2D eigenvalue weighted by Gasteiger charge is 2.26. The van der Waals surface area contributed by atoms with E-state index in [1.165, 1.54) is 6.92 Å². The smallest absolute Gasteiger partial charge is 0.323 e. The van der Waals surface area contributed by atoms with E-state index in [4.69, 9.17) is 16.6 Å². The van der Waals surface area contributed by atoms with Crippen LogP contribution in [0.25, 0.3) is 0 Å². The molecule has 0 saturated heterocycles. The van der Waals surface area contributed by atoms with Crippen molar-refractivity contribution in [2.24, 2.45) is 11.5 Å². The van der Waals surface area contributed by atoms with Crippen LogP contribution in [0, 0.1) is 0 Å². The summed E-state index contributed by atoms with van der Waals surface area (Å²) in [6.07, 6.45) is 3.24. The van der Waals surface area contributed by atoms with Crippen LogP contribution in [-0.4, -0.2) is 23.2 Å². The van der Waals surface area contributed by atoms with Crippen LogP contribution >= 0.6 is 0 Å². The molecule has 1 atom stereocenters. The number of hydrogen-bond donors (Lipinski definition) is 3. The van der Waals surface area contributed by atoms with Gasteiger partial charge in [-0.3, -0.25) is 4.79 Å². The van der Waals surface area contributed by atoms with E-state index in [0.29, 0.717) is 13.0 Å². The van der Waals surface area contributed by atoms with Crippen molar-refractivity contribution in [3.63, 3.8) is 0 Å². The summed E-state index contributed by atoms with van der Waals surface area (Å²) >= 11 is 0. The van der Waals surface area contributed by atoms with Gasteiger partial charge in [0.25, 0.3) is 0 Å². The largest absolute Gasteiger partial charge is 0.480 e. The van der Waals surface area contributed by atoms with Gasteiger partial charge in [0.15, 0.2) is 0 Å². The fourth-order valence-corrected chi connectivity index (χ4v) is 0.920. The fourth-order valence-electron chi connectivity index (χ4n) is 0.920. The quantitative estimate of drug-likeness (QED) is 0.505. The van der Waals surface area contributed by atoms with Gasteiger partial charge in [0, 0.05) is 0 Å². The molecule has 0 fully saturated rings. The lowest BCUT2D eigenvalue weighted by molar-refractivity contribution is -0.142. The van der Waals surface area contributed by atoms with Crippen LogP contribution in [0.15, 0.2) is 0 Å². The molecule has 72 valence electrons. The molecular weight excluding hydrogens is 156 g/mol. The van der Waals surface area contributed by atoms with Crippen molar-refractivity contribution in [2.75, 3.05) is 6.54 Å². The molecule has 0 heterocycles. The number of carboxylic acids is 1. The highest BCUT2D eigenvalue weighted by atomic mass is 16.4. The first-order chi connectivity index (χ1) is 5.50. The van der Waals surface area contributed by atoms with Crippen LogP contribution in [0.5, 0.6) is 0 Å². The Bertz CT molecular complexity index is 146.